The highest BCUT2D eigenvalue weighted by Gasteiger charge is 2.32. The van der Waals surface area contributed by atoms with Gasteiger partial charge >= 0.3 is 0 Å². The van der Waals surface area contributed by atoms with E-state index in [1.165, 1.54) is 16.4 Å². The highest BCUT2D eigenvalue weighted by molar-refractivity contribution is 7.89. The van der Waals surface area contributed by atoms with Gasteiger partial charge in [-0.3, -0.25) is 10.1 Å². The van der Waals surface area contributed by atoms with E-state index in [9.17, 15) is 18.5 Å². The minimum atomic E-state index is -3.29. The van der Waals surface area contributed by atoms with E-state index >= 15 is 0 Å². The fourth-order valence-corrected chi connectivity index (χ4v) is 3.57. The molecule has 1 fully saturated rings. The summed E-state index contributed by atoms with van der Waals surface area (Å²) in [5, 5.41) is 13.8. The third-order valence-corrected chi connectivity index (χ3v) is 5.29. The number of piperazine rings is 1. The topological polar surface area (TPSA) is 92.6 Å². The Balaban J connectivity index is 2.30. The number of hydrogen-bond donors (Lipinski definition) is 1. The van der Waals surface area contributed by atoms with Gasteiger partial charge in [-0.1, -0.05) is 12.1 Å². The van der Waals surface area contributed by atoms with Crippen molar-refractivity contribution in [1.82, 2.24) is 9.62 Å². The largest absolute Gasteiger partial charge is 0.313 e. The molecular weight excluding hydrogens is 282 g/mol. The molecule has 110 valence electrons. The van der Waals surface area contributed by atoms with Gasteiger partial charge in [0, 0.05) is 31.8 Å². The van der Waals surface area contributed by atoms with Crippen LogP contribution in [0.15, 0.2) is 24.3 Å². The summed E-state index contributed by atoms with van der Waals surface area (Å²) < 4.78 is 25.7. The number of nitro groups is 1. The molecule has 1 aliphatic rings. The van der Waals surface area contributed by atoms with E-state index in [-0.39, 0.29) is 17.5 Å². The Kier molecular flexibility index (Phi) is 4.36. The van der Waals surface area contributed by atoms with Crippen molar-refractivity contribution in [2.75, 3.05) is 25.4 Å². The summed E-state index contributed by atoms with van der Waals surface area (Å²) in [6.45, 7) is 3.15. The van der Waals surface area contributed by atoms with Crippen molar-refractivity contribution in [3.05, 3.63) is 39.9 Å². The van der Waals surface area contributed by atoms with Crippen molar-refractivity contribution in [3.63, 3.8) is 0 Å². The minimum absolute atomic E-state index is 0.00224. The van der Waals surface area contributed by atoms with Gasteiger partial charge in [0.25, 0.3) is 5.69 Å². The summed E-state index contributed by atoms with van der Waals surface area (Å²) in [4.78, 5) is 10.2. The van der Waals surface area contributed by atoms with Crippen LogP contribution in [0.5, 0.6) is 0 Å². The molecule has 1 N–H and O–H groups in total. The molecule has 8 heteroatoms. The number of benzene rings is 1. The van der Waals surface area contributed by atoms with Gasteiger partial charge in [0.2, 0.25) is 10.0 Å². The summed E-state index contributed by atoms with van der Waals surface area (Å²) in [7, 11) is -3.29. The normalized spacial score (nSPS) is 20.8. The lowest BCUT2D eigenvalue weighted by Crippen LogP contribution is -2.49. The Bertz CT molecular complexity index is 585. The smallest absolute Gasteiger partial charge is 0.269 e. The molecule has 1 heterocycles. The molecule has 1 aromatic rings. The predicted octanol–water partition coefficient (Wildman–Crippen LogP) is 0.891. The van der Waals surface area contributed by atoms with Crippen LogP contribution in [-0.2, 0) is 10.0 Å². The number of nitro benzene ring substituents is 1. The zero-order chi connectivity index (χ0) is 14.8. The molecule has 2 rings (SSSR count). The van der Waals surface area contributed by atoms with Gasteiger partial charge in [0.1, 0.15) is 0 Å². The molecule has 1 unspecified atom stereocenters. The van der Waals surface area contributed by atoms with Crippen LogP contribution in [0.1, 0.15) is 18.5 Å². The lowest BCUT2D eigenvalue weighted by atomic mass is 10.1. The third kappa shape index (κ3) is 2.97. The molecule has 0 amide bonds. The first-order chi connectivity index (χ1) is 9.45. The highest BCUT2D eigenvalue weighted by atomic mass is 32.2. The molecule has 1 saturated heterocycles. The number of hydrogen-bond acceptors (Lipinski definition) is 5. The first kappa shape index (κ1) is 14.9. The van der Waals surface area contributed by atoms with Gasteiger partial charge in [-0.15, -0.1) is 0 Å². The molecule has 1 atom stereocenters. The maximum absolute atomic E-state index is 12.1. The monoisotopic (exact) mass is 299 g/mol. The van der Waals surface area contributed by atoms with E-state index in [1.807, 2.05) is 0 Å². The van der Waals surface area contributed by atoms with Gasteiger partial charge in [-0.25, -0.2) is 8.42 Å². The van der Waals surface area contributed by atoms with Crippen LogP contribution in [0.4, 0.5) is 5.69 Å². The molecule has 0 aliphatic carbocycles. The second-order valence-electron chi connectivity index (χ2n) is 4.58. The van der Waals surface area contributed by atoms with Crippen molar-refractivity contribution in [3.8, 4) is 0 Å². The van der Waals surface area contributed by atoms with Crippen LogP contribution in [0.25, 0.3) is 0 Å². The number of nitrogens with zero attached hydrogens (tertiary/aromatic N) is 2. The molecule has 0 saturated carbocycles. The standard InChI is InChI=1S/C12H17N3O4S/c1-2-20(18,19)14-8-7-13-9-12(14)10-3-5-11(6-4-10)15(16)17/h3-6,12-13H,2,7-9H2,1H3. The van der Waals surface area contributed by atoms with Gasteiger partial charge < -0.3 is 5.32 Å². The molecule has 1 aromatic carbocycles. The van der Waals surface area contributed by atoms with Gasteiger partial charge in [-0.2, -0.15) is 4.31 Å². The zero-order valence-corrected chi connectivity index (χ0v) is 12.0. The molecule has 0 spiro atoms. The van der Waals surface area contributed by atoms with Gasteiger partial charge in [0.15, 0.2) is 0 Å². The first-order valence-electron chi connectivity index (χ1n) is 6.40. The molecule has 1 aliphatic heterocycles. The fraction of sp³-hybridized carbons (Fsp3) is 0.500. The van der Waals surface area contributed by atoms with E-state index in [4.69, 9.17) is 0 Å². The van der Waals surface area contributed by atoms with Crippen molar-refractivity contribution >= 4 is 15.7 Å². The fourth-order valence-electron chi connectivity index (χ4n) is 2.29. The van der Waals surface area contributed by atoms with Crippen molar-refractivity contribution in [2.45, 2.75) is 13.0 Å². The second kappa shape index (κ2) is 5.86. The quantitative estimate of drug-likeness (QED) is 0.658. The number of rotatable bonds is 4. The van der Waals surface area contributed by atoms with Crippen molar-refractivity contribution in [2.24, 2.45) is 0 Å². The van der Waals surface area contributed by atoms with E-state index in [2.05, 4.69) is 5.32 Å². The van der Waals surface area contributed by atoms with Crippen molar-refractivity contribution < 1.29 is 13.3 Å². The second-order valence-corrected chi connectivity index (χ2v) is 6.79. The maximum Gasteiger partial charge on any atom is 0.269 e. The van der Waals surface area contributed by atoms with E-state index < -0.39 is 14.9 Å². The third-order valence-electron chi connectivity index (χ3n) is 3.41. The van der Waals surface area contributed by atoms with Gasteiger partial charge in [0.05, 0.1) is 16.7 Å². The van der Waals surface area contributed by atoms with E-state index in [1.54, 1.807) is 19.1 Å². The molecule has 0 aromatic heterocycles. The Labute approximate surface area is 117 Å². The summed E-state index contributed by atoms with van der Waals surface area (Å²) in [6.07, 6.45) is 0. The lowest BCUT2D eigenvalue weighted by Gasteiger charge is -2.35. The highest BCUT2D eigenvalue weighted by Crippen LogP contribution is 2.26. The molecular formula is C12H17N3O4S. The van der Waals surface area contributed by atoms with E-state index in [0.29, 0.717) is 19.6 Å². The maximum atomic E-state index is 12.1. The average Bonchev–Trinajstić information content (AvgIpc) is 2.47. The SMILES string of the molecule is CCS(=O)(=O)N1CCNCC1c1ccc([N+](=O)[O-])cc1. The lowest BCUT2D eigenvalue weighted by molar-refractivity contribution is -0.384. The Morgan fingerprint density at radius 3 is 2.60 bits per heavy atom. The molecule has 20 heavy (non-hydrogen) atoms. The molecule has 0 radical (unpaired) electrons. The van der Waals surface area contributed by atoms with Crippen molar-refractivity contribution in [1.29, 1.82) is 0 Å². The van der Waals surface area contributed by atoms with Crippen LogP contribution >= 0.6 is 0 Å². The average molecular weight is 299 g/mol. The predicted molar refractivity (Wildman–Crippen MR) is 74.9 cm³/mol. The van der Waals surface area contributed by atoms with Crippen LogP contribution in [0.2, 0.25) is 0 Å². The number of nitrogens with one attached hydrogen (secondary N) is 1. The van der Waals surface area contributed by atoms with Crippen LogP contribution in [0.3, 0.4) is 0 Å². The minimum Gasteiger partial charge on any atom is -0.313 e. The summed E-state index contributed by atoms with van der Waals surface area (Å²) >= 11 is 0. The Morgan fingerprint density at radius 1 is 1.40 bits per heavy atom. The summed E-state index contributed by atoms with van der Waals surface area (Å²) in [5.41, 5.74) is 0.766. The van der Waals surface area contributed by atoms with Gasteiger partial charge in [-0.05, 0) is 12.5 Å². The number of sulfonamides is 1. The van der Waals surface area contributed by atoms with Crippen LogP contribution in [0, 0.1) is 10.1 Å². The summed E-state index contributed by atoms with van der Waals surface area (Å²) in [5.74, 6) is 0.0521. The Morgan fingerprint density at radius 2 is 2.05 bits per heavy atom. The molecule has 7 nitrogen and oxygen atoms in total. The van der Waals surface area contributed by atoms with Crippen LogP contribution < -0.4 is 5.32 Å². The van der Waals surface area contributed by atoms with E-state index in [0.717, 1.165) is 5.56 Å². The number of non-ortho nitro benzene ring substituents is 1. The molecule has 0 bridgehead atoms. The van der Waals surface area contributed by atoms with Crippen LogP contribution in [-0.4, -0.2) is 43.0 Å². The first-order valence-corrected chi connectivity index (χ1v) is 8.01. The Hall–Kier alpha value is -1.51. The summed E-state index contributed by atoms with van der Waals surface area (Å²) in [6, 6.07) is 5.73. The zero-order valence-electron chi connectivity index (χ0n) is 11.2.